The Bertz CT molecular complexity index is 476. The van der Waals surface area contributed by atoms with Crippen molar-refractivity contribution in [2.75, 3.05) is 19.7 Å². The Morgan fingerprint density at radius 3 is 2.95 bits per heavy atom. The molecule has 110 valence electrons. The number of carbonyl (C=O) groups excluding carboxylic acids is 1. The number of ether oxygens (including phenoxy) is 1. The lowest BCUT2D eigenvalue weighted by molar-refractivity contribution is -0.138. The topological polar surface area (TPSA) is 49.8 Å². The lowest BCUT2D eigenvalue weighted by atomic mass is 9.95. The standard InChI is InChI=1S/C15H20ClNO3/c1-15(19)8-4-9-17(11-15)14(18)7-10-20-13-6-3-2-5-12(13)16/h2-3,5-6,19H,4,7-11H2,1H3. The van der Waals surface area contributed by atoms with Gasteiger partial charge in [0.05, 0.1) is 23.7 Å². The fourth-order valence-electron chi connectivity index (χ4n) is 2.40. The smallest absolute Gasteiger partial charge is 0.226 e. The van der Waals surface area contributed by atoms with E-state index >= 15 is 0 Å². The Balaban J connectivity index is 1.79. The van der Waals surface area contributed by atoms with Crippen LogP contribution in [0.15, 0.2) is 24.3 Å². The van der Waals surface area contributed by atoms with E-state index in [1.54, 1.807) is 24.0 Å². The second-order valence-corrected chi connectivity index (χ2v) is 5.85. The summed E-state index contributed by atoms with van der Waals surface area (Å²) in [5.74, 6) is 0.602. The number of aliphatic hydroxyl groups is 1. The molecule has 0 spiro atoms. The van der Waals surface area contributed by atoms with E-state index in [-0.39, 0.29) is 5.91 Å². The second-order valence-electron chi connectivity index (χ2n) is 5.44. The molecule has 0 aliphatic carbocycles. The van der Waals surface area contributed by atoms with Crippen LogP contribution < -0.4 is 4.74 Å². The summed E-state index contributed by atoms with van der Waals surface area (Å²) in [5, 5.41) is 10.5. The predicted octanol–water partition coefficient (Wildman–Crippen LogP) is 2.48. The van der Waals surface area contributed by atoms with Gasteiger partial charge >= 0.3 is 0 Å². The van der Waals surface area contributed by atoms with Gasteiger partial charge < -0.3 is 14.7 Å². The number of hydrogen-bond acceptors (Lipinski definition) is 3. The van der Waals surface area contributed by atoms with Gasteiger partial charge in [0.15, 0.2) is 0 Å². The normalized spacial score (nSPS) is 22.6. The number of benzene rings is 1. The molecule has 1 N–H and O–H groups in total. The molecule has 4 nitrogen and oxygen atoms in total. The summed E-state index contributed by atoms with van der Waals surface area (Å²) in [6.45, 7) is 3.17. The number of hydrogen-bond donors (Lipinski definition) is 1. The van der Waals surface area contributed by atoms with Crippen LogP contribution in [0.5, 0.6) is 5.75 Å². The molecule has 1 heterocycles. The van der Waals surface area contributed by atoms with Gasteiger partial charge in [-0.2, -0.15) is 0 Å². The molecule has 1 aromatic rings. The predicted molar refractivity (Wildman–Crippen MR) is 78.0 cm³/mol. The maximum absolute atomic E-state index is 12.1. The van der Waals surface area contributed by atoms with E-state index in [0.717, 1.165) is 12.8 Å². The van der Waals surface area contributed by atoms with E-state index in [9.17, 15) is 9.90 Å². The van der Waals surface area contributed by atoms with E-state index in [1.807, 2.05) is 12.1 Å². The van der Waals surface area contributed by atoms with Crippen LogP contribution in [-0.2, 0) is 4.79 Å². The van der Waals surface area contributed by atoms with Gasteiger partial charge in [-0.15, -0.1) is 0 Å². The lowest BCUT2D eigenvalue weighted by Gasteiger charge is -2.36. The number of carbonyl (C=O) groups is 1. The number of likely N-dealkylation sites (tertiary alicyclic amines) is 1. The number of nitrogens with zero attached hydrogens (tertiary/aromatic N) is 1. The molecule has 5 heteroatoms. The van der Waals surface area contributed by atoms with E-state index in [4.69, 9.17) is 16.3 Å². The summed E-state index contributed by atoms with van der Waals surface area (Å²) in [7, 11) is 0. The number of para-hydroxylation sites is 1. The molecule has 0 bridgehead atoms. The minimum Gasteiger partial charge on any atom is -0.491 e. The lowest BCUT2D eigenvalue weighted by Crippen LogP contribution is -2.48. The third-order valence-corrected chi connectivity index (χ3v) is 3.75. The molecule has 0 saturated carbocycles. The van der Waals surface area contributed by atoms with Crippen molar-refractivity contribution in [3.63, 3.8) is 0 Å². The summed E-state index contributed by atoms with van der Waals surface area (Å²) < 4.78 is 5.51. The average Bonchev–Trinajstić information content (AvgIpc) is 2.39. The van der Waals surface area contributed by atoms with Crippen LogP contribution >= 0.6 is 11.6 Å². The Morgan fingerprint density at radius 2 is 2.25 bits per heavy atom. The highest BCUT2D eigenvalue weighted by Gasteiger charge is 2.30. The maximum atomic E-state index is 12.1. The fraction of sp³-hybridized carbons (Fsp3) is 0.533. The van der Waals surface area contributed by atoms with Crippen LogP contribution in [0.25, 0.3) is 0 Å². The fourth-order valence-corrected chi connectivity index (χ4v) is 2.59. The summed E-state index contributed by atoms with van der Waals surface area (Å²) >= 11 is 5.97. The summed E-state index contributed by atoms with van der Waals surface area (Å²) in [6, 6.07) is 7.19. The van der Waals surface area contributed by atoms with Gasteiger partial charge in [-0.05, 0) is 31.9 Å². The first-order chi connectivity index (χ1) is 9.48. The second kappa shape index (κ2) is 6.46. The van der Waals surface area contributed by atoms with E-state index in [1.165, 1.54) is 0 Å². The van der Waals surface area contributed by atoms with Crippen LogP contribution in [0.2, 0.25) is 5.02 Å². The molecule has 1 atom stereocenters. The van der Waals surface area contributed by atoms with E-state index < -0.39 is 5.60 Å². The highest BCUT2D eigenvalue weighted by atomic mass is 35.5. The van der Waals surface area contributed by atoms with Gasteiger partial charge in [-0.3, -0.25) is 4.79 Å². The highest BCUT2D eigenvalue weighted by molar-refractivity contribution is 6.32. The van der Waals surface area contributed by atoms with Gasteiger partial charge in [0.25, 0.3) is 0 Å². The Labute approximate surface area is 124 Å². The number of halogens is 1. The zero-order valence-corrected chi connectivity index (χ0v) is 12.4. The van der Waals surface area contributed by atoms with Gasteiger partial charge in [0.2, 0.25) is 5.91 Å². The molecule has 20 heavy (non-hydrogen) atoms. The van der Waals surface area contributed by atoms with Crippen molar-refractivity contribution < 1.29 is 14.6 Å². The molecular weight excluding hydrogens is 278 g/mol. The third-order valence-electron chi connectivity index (χ3n) is 3.44. The van der Waals surface area contributed by atoms with Crippen LogP contribution in [0.3, 0.4) is 0 Å². The molecule has 1 fully saturated rings. The van der Waals surface area contributed by atoms with Crippen molar-refractivity contribution in [1.29, 1.82) is 0 Å². The molecule has 1 unspecified atom stereocenters. The number of piperidine rings is 1. The van der Waals surface area contributed by atoms with Crippen molar-refractivity contribution >= 4 is 17.5 Å². The van der Waals surface area contributed by atoms with Gasteiger partial charge in [0, 0.05) is 13.1 Å². The molecular formula is C15H20ClNO3. The molecule has 0 radical (unpaired) electrons. The molecule has 1 aromatic carbocycles. The third kappa shape index (κ3) is 4.12. The number of rotatable bonds is 4. The van der Waals surface area contributed by atoms with Gasteiger partial charge in [0.1, 0.15) is 5.75 Å². The average molecular weight is 298 g/mol. The zero-order chi connectivity index (χ0) is 14.6. The first-order valence-corrected chi connectivity index (χ1v) is 7.23. The molecule has 0 aromatic heterocycles. The monoisotopic (exact) mass is 297 g/mol. The zero-order valence-electron chi connectivity index (χ0n) is 11.6. The van der Waals surface area contributed by atoms with Crippen molar-refractivity contribution in [2.24, 2.45) is 0 Å². The van der Waals surface area contributed by atoms with Crippen molar-refractivity contribution in [2.45, 2.75) is 31.8 Å². The molecule has 1 aliphatic rings. The van der Waals surface area contributed by atoms with Crippen molar-refractivity contribution in [3.05, 3.63) is 29.3 Å². The van der Waals surface area contributed by atoms with Crippen molar-refractivity contribution in [3.8, 4) is 5.75 Å². The summed E-state index contributed by atoms with van der Waals surface area (Å²) in [6.07, 6.45) is 1.87. The highest BCUT2D eigenvalue weighted by Crippen LogP contribution is 2.24. The summed E-state index contributed by atoms with van der Waals surface area (Å²) in [5.41, 5.74) is -0.766. The number of β-amino-alcohol motifs (C(OH)–C–C–N with tert-alkyl or cyclic N) is 1. The van der Waals surface area contributed by atoms with Crippen molar-refractivity contribution in [1.82, 2.24) is 4.90 Å². The van der Waals surface area contributed by atoms with Crippen LogP contribution in [-0.4, -0.2) is 41.2 Å². The molecule has 1 amide bonds. The molecule has 1 aliphatic heterocycles. The Hall–Kier alpha value is -1.26. The Kier molecular flexibility index (Phi) is 4.89. The number of amides is 1. The van der Waals surface area contributed by atoms with Crippen LogP contribution in [0, 0.1) is 0 Å². The summed E-state index contributed by atoms with van der Waals surface area (Å²) in [4.78, 5) is 13.8. The minimum absolute atomic E-state index is 0.0111. The minimum atomic E-state index is -0.766. The first kappa shape index (κ1) is 15.1. The van der Waals surface area contributed by atoms with Gasteiger partial charge in [-0.25, -0.2) is 0 Å². The largest absolute Gasteiger partial charge is 0.491 e. The maximum Gasteiger partial charge on any atom is 0.226 e. The van der Waals surface area contributed by atoms with E-state index in [0.29, 0.717) is 36.9 Å². The van der Waals surface area contributed by atoms with Gasteiger partial charge in [-0.1, -0.05) is 23.7 Å². The van der Waals surface area contributed by atoms with E-state index in [2.05, 4.69) is 0 Å². The van der Waals surface area contributed by atoms with Crippen LogP contribution in [0.1, 0.15) is 26.2 Å². The molecule has 2 rings (SSSR count). The Morgan fingerprint density at radius 1 is 1.50 bits per heavy atom. The molecule has 1 saturated heterocycles. The first-order valence-electron chi connectivity index (χ1n) is 6.85. The van der Waals surface area contributed by atoms with Crippen LogP contribution in [0.4, 0.5) is 0 Å². The SMILES string of the molecule is CC1(O)CCCN(C(=O)CCOc2ccccc2Cl)C1. The quantitative estimate of drug-likeness (QED) is 0.929.